The molecule has 0 radical (unpaired) electrons. The normalized spacial score (nSPS) is 16.0. The molecule has 3 rings (SSSR count). The molecule has 1 saturated carbocycles. The molecule has 0 unspecified atom stereocenters. The summed E-state index contributed by atoms with van der Waals surface area (Å²) in [5.74, 6) is -1.43. The van der Waals surface area contributed by atoms with Gasteiger partial charge in [-0.15, -0.1) is 0 Å². The number of aliphatic carboxylic acids is 1. The Hall–Kier alpha value is -2.63. The Morgan fingerprint density at radius 1 is 1.19 bits per heavy atom. The van der Waals surface area contributed by atoms with E-state index in [1.165, 1.54) is 0 Å². The molecule has 1 amide bonds. The fraction of sp³-hybridized carbons (Fsp3) is 0.267. The lowest BCUT2D eigenvalue weighted by molar-refractivity contribution is -0.148. The Bertz CT molecular complexity index is 674. The number of amides is 1. The van der Waals surface area contributed by atoms with Gasteiger partial charge in [-0.3, -0.25) is 4.79 Å². The Morgan fingerprint density at radius 3 is 2.48 bits per heavy atom. The molecular formula is C15H15N3O3. The quantitative estimate of drug-likeness (QED) is 0.893. The fourth-order valence-electron chi connectivity index (χ4n) is 2.37. The minimum absolute atomic E-state index is 0.214. The third-order valence-corrected chi connectivity index (χ3v) is 3.81. The van der Waals surface area contributed by atoms with Crippen LogP contribution in [-0.2, 0) is 4.79 Å². The minimum Gasteiger partial charge on any atom is -0.480 e. The zero-order valence-electron chi connectivity index (χ0n) is 11.3. The van der Waals surface area contributed by atoms with E-state index in [4.69, 9.17) is 0 Å². The average Bonchev–Trinajstić information content (AvgIpc) is 2.93. The molecule has 0 spiro atoms. The van der Waals surface area contributed by atoms with Crippen molar-refractivity contribution in [2.75, 3.05) is 0 Å². The number of hydrogen-bond acceptors (Lipinski definition) is 3. The van der Waals surface area contributed by atoms with E-state index in [2.05, 4.69) is 10.4 Å². The standard InChI is InChI=1S/C15H15N3O3/c19-13(16-15(14(20)21)8-4-9-15)12-7-10-18(17-12)11-5-2-1-3-6-11/h1-3,5-7,10H,4,8-9H2,(H,16,19)(H,20,21). The number of carboxylic acids is 1. The first-order valence-corrected chi connectivity index (χ1v) is 6.78. The predicted octanol–water partition coefficient (Wildman–Crippen LogP) is 1.61. The van der Waals surface area contributed by atoms with Crippen molar-refractivity contribution in [3.63, 3.8) is 0 Å². The Kier molecular flexibility index (Phi) is 3.21. The fourth-order valence-corrected chi connectivity index (χ4v) is 2.37. The van der Waals surface area contributed by atoms with E-state index in [-0.39, 0.29) is 5.69 Å². The van der Waals surface area contributed by atoms with Crippen molar-refractivity contribution in [3.8, 4) is 5.69 Å². The minimum atomic E-state index is -1.12. The van der Waals surface area contributed by atoms with Crippen LogP contribution < -0.4 is 5.32 Å². The van der Waals surface area contributed by atoms with E-state index < -0.39 is 17.4 Å². The average molecular weight is 285 g/mol. The van der Waals surface area contributed by atoms with E-state index in [1.807, 2.05) is 30.3 Å². The van der Waals surface area contributed by atoms with E-state index in [1.54, 1.807) is 16.9 Å². The van der Waals surface area contributed by atoms with Crippen LogP contribution in [0.2, 0.25) is 0 Å². The molecule has 0 saturated heterocycles. The van der Waals surface area contributed by atoms with Crippen molar-refractivity contribution in [1.82, 2.24) is 15.1 Å². The predicted molar refractivity (Wildman–Crippen MR) is 75.2 cm³/mol. The van der Waals surface area contributed by atoms with Crippen LogP contribution in [0.3, 0.4) is 0 Å². The molecule has 2 aromatic rings. The molecule has 6 nitrogen and oxygen atoms in total. The SMILES string of the molecule is O=C(NC1(C(=O)O)CCC1)c1ccn(-c2ccccc2)n1. The van der Waals surface area contributed by atoms with Crippen LogP contribution >= 0.6 is 0 Å². The molecule has 1 aromatic heterocycles. The van der Waals surface area contributed by atoms with Crippen LogP contribution in [-0.4, -0.2) is 32.3 Å². The third kappa shape index (κ3) is 2.40. The van der Waals surface area contributed by atoms with Crippen LogP contribution in [0.5, 0.6) is 0 Å². The molecule has 0 atom stereocenters. The van der Waals surface area contributed by atoms with Gasteiger partial charge in [0.2, 0.25) is 0 Å². The Balaban J connectivity index is 1.77. The Morgan fingerprint density at radius 2 is 1.90 bits per heavy atom. The third-order valence-electron chi connectivity index (χ3n) is 3.81. The second-order valence-electron chi connectivity index (χ2n) is 5.18. The van der Waals surface area contributed by atoms with E-state index >= 15 is 0 Å². The number of carboxylic acid groups (broad SMARTS) is 1. The highest BCUT2D eigenvalue weighted by Crippen LogP contribution is 2.32. The van der Waals surface area contributed by atoms with E-state index in [0.717, 1.165) is 12.1 Å². The smallest absolute Gasteiger partial charge is 0.329 e. The summed E-state index contributed by atoms with van der Waals surface area (Å²) < 4.78 is 1.59. The second kappa shape index (κ2) is 5.05. The molecule has 1 aliphatic carbocycles. The first-order valence-electron chi connectivity index (χ1n) is 6.78. The molecule has 1 aromatic carbocycles. The van der Waals surface area contributed by atoms with Crippen LogP contribution in [0.4, 0.5) is 0 Å². The summed E-state index contributed by atoms with van der Waals surface area (Å²) in [6.45, 7) is 0. The highest BCUT2D eigenvalue weighted by molar-refractivity contribution is 5.96. The van der Waals surface area contributed by atoms with E-state index in [0.29, 0.717) is 12.8 Å². The zero-order valence-corrected chi connectivity index (χ0v) is 11.3. The monoisotopic (exact) mass is 285 g/mol. The van der Waals surface area contributed by atoms with Crippen LogP contribution in [0.15, 0.2) is 42.6 Å². The molecule has 0 aliphatic heterocycles. The number of benzene rings is 1. The van der Waals surface area contributed by atoms with Gasteiger partial charge in [-0.1, -0.05) is 18.2 Å². The van der Waals surface area contributed by atoms with Gasteiger partial charge in [0.05, 0.1) is 5.69 Å². The van der Waals surface area contributed by atoms with Crippen LogP contribution in [0.25, 0.3) is 5.69 Å². The van der Waals surface area contributed by atoms with Gasteiger partial charge in [0.25, 0.3) is 5.91 Å². The number of carbonyl (C=O) groups is 2. The highest BCUT2D eigenvalue weighted by Gasteiger charge is 2.46. The van der Waals surface area contributed by atoms with Gasteiger partial charge >= 0.3 is 5.97 Å². The second-order valence-corrected chi connectivity index (χ2v) is 5.18. The molecule has 0 bridgehead atoms. The molecule has 6 heteroatoms. The molecule has 1 fully saturated rings. The zero-order chi connectivity index (χ0) is 14.9. The number of nitrogens with zero attached hydrogens (tertiary/aromatic N) is 2. The number of carbonyl (C=O) groups excluding carboxylic acids is 1. The summed E-state index contributed by atoms with van der Waals surface area (Å²) in [5.41, 5.74) is -0.0623. The number of rotatable bonds is 4. The van der Waals surface area contributed by atoms with Gasteiger partial charge in [-0.2, -0.15) is 5.10 Å². The first-order chi connectivity index (χ1) is 10.1. The Labute approximate surface area is 121 Å². The van der Waals surface area contributed by atoms with Gasteiger partial charge in [-0.05, 0) is 37.5 Å². The summed E-state index contributed by atoms with van der Waals surface area (Å²) in [6.07, 6.45) is 3.42. The maximum absolute atomic E-state index is 12.2. The van der Waals surface area contributed by atoms with Gasteiger partial charge < -0.3 is 10.4 Å². The van der Waals surface area contributed by atoms with Crippen molar-refractivity contribution in [2.45, 2.75) is 24.8 Å². The van der Waals surface area contributed by atoms with Gasteiger partial charge in [0.15, 0.2) is 5.69 Å². The first kappa shape index (κ1) is 13.4. The van der Waals surface area contributed by atoms with Crippen molar-refractivity contribution in [1.29, 1.82) is 0 Å². The molecular weight excluding hydrogens is 270 g/mol. The molecule has 2 N–H and O–H groups in total. The summed E-state index contributed by atoms with van der Waals surface area (Å²) in [6, 6.07) is 11.0. The lowest BCUT2D eigenvalue weighted by Crippen LogP contribution is -2.59. The lowest BCUT2D eigenvalue weighted by atomic mass is 9.76. The van der Waals surface area contributed by atoms with Crippen LogP contribution in [0.1, 0.15) is 29.8 Å². The molecule has 1 aliphatic rings. The number of para-hydroxylation sites is 1. The van der Waals surface area contributed by atoms with Gasteiger partial charge in [-0.25, -0.2) is 9.48 Å². The lowest BCUT2D eigenvalue weighted by Gasteiger charge is -2.37. The van der Waals surface area contributed by atoms with Gasteiger partial charge in [0.1, 0.15) is 5.54 Å². The number of aromatic nitrogens is 2. The highest BCUT2D eigenvalue weighted by atomic mass is 16.4. The largest absolute Gasteiger partial charge is 0.480 e. The molecule has 21 heavy (non-hydrogen) atoms. The summed E-state index contributed by atoms with van der Waals surface area (Å²) in [5, 5.41) is 16.0. The summed E-state index contributed by atoms with van der Waals surface area (Å²) in [4.78, 5) is 23.4. The summed E-state index contributed by atoms with van der Waals surface area (Å²) in [7, 11) is 0. The maximum Gasteiger partial charge on any atom is 0.329 e. The maximum atomic E-state index is 12.2. The number of hydrogen-bond donors (Lipinski definition) is 2. The van der Waals surface area contributed by atoms with Crippen molar-refractivity contribution >= 4 is 11.9 Å². The van der Waals surface area contributed by atoms with Gasteiger partial charge in [0, 0.05) is 6.20 Å². The molecule has 1 heterocycles. The molecule has 108 valence electrons. The topological polar surface area (TPSA) is 84.2 Å². The van der Waals surface area contributed by atoms with Crippen molar-refractivity contribution in [2.24, 2.45) is 0 Å². The summed E-state index contributed by atoms with van der Waals surface area (Å²) >= 11 is 0. The van der Waals surface area contributed by atoms with Crippen LogP contribution in [0, 0.1) is 0 Å². The number of nitrogens with one attached hydrogen (secondary N) is 1. The van der Waals surface area contributed by atoms with E-state index in [9.17, 15) is 14.7 Å². The van der Waals surface area contributed by atoms with Crippen molar-refractivity contribution in [3.05, 3.63) is 48.3 Å². The van der Waals surface area contributed by atoms with Crippen molar-refractivity contribution < 1.29 is 14.7 Å².